The Morgan fingerprint density at radius 3 is 2.19 bits per heavy atom. The lowest BCUT2D eigenvalue weighted by atomic mass is 10.1. The van der Waals surface area contributed by atoms with E-state index in [9.17, 15) is 18.0 Å². The topological polar surface area (TPSA) is 122 Å². The van der Waals surface area contributed by atoms with E-state index in [0.29, 0.717) is 6.61 Å². The van der Waals surface area contributed by atoms with Crippen LogP contribution in [0.5, 0.6) is 5.75 Å². The normalized spacial score (nSPS) is 11.0. The fourth-order valence-corrected chi connectivity index (χ4v) is 3.83. The number of carboxylic acids is 1. The van der Waals surface area contributed by atoms with Gasteiger partial charge in [-0.05, 0) is 60.5 Å². The zero-order valence-corrected chi connectivity index (χ0v) is 17.3. The number of nitrogens with one attached hydrogen (secondary N) is 2. The summed E-state index contributed by atoms with van der Waals surface area (Å²) in [4.78, 5) is 25.2. The van der Waals surface area contributed by atoms with Crippen LogP contribution in [0, 0.1) is 6.92 Å². The SMILES string of the molecule is Cc1cc(C(=O)O)ccc1S(=O)(=O)NNC(=O)c1ccc(COc2ccccc2)cc1. The number of amides is 1. The number of carboxylic acid groups (broad SMARTS) is 1. The van der Waals surface area contributed by atoms with Crippen molar-refractivity contribution in [2.45, 2.75) is 18.4 Å². The lowest BCUT2D eigenvalue weighted by Gasteiger charge is -2.11. The molecule has 0 spiro atoms. The van der Waals surface area contributed by atoms with Crippen LogP contribution in [0.3, 0.4) is 0 Å². The van der Waals surface area contributed by atoms with Crippen LogP contribution in [0.1, 0.15) is 31.8 Å². The summed E-state index contributed by atoms with van der Waals surface area (Å²) in [5.74, 6) is -1.07. The molecule has 9 heteroatoms. The van der Waals surface area contributed by atoms with E-state index in [1.165, 1.54) is 25.1 Å². The Labute approximate surface area is 179 Å². The van der Waals surface area contributed by atoms with Crippen molar-refractivity contribution in [3.8, 4) is 5.75 Å². The van der Waals surface area contributed by atoms with Crippen LogP contribution in [0.4, 0.5) is 0 Å². The van der Waals surface area contributed by atoms with Gasteiger partial charge in [-0.1, -0.05) is 30.3 Å². The molecular formula is C22H20N2O6S. The van der Waals surface area contributed by atoms with Crippen LogP contribution < -0.4 is 15.0 Å². The summed E-state index contributed by atoms with van der Waals surface area (Å²) in [6.07, 6.45) is 0. The number of para-hydroxylation sites is 1. The molecule has 0 fully saturated rings. The summed E-state index contributed by atoms with van der Waals surface area (Å²) < 4.78 is 30.5. The zero-order chi connectivity index (χ0) is 22.4. The molecule has 3 aromatic carbocycles. The Morgan fingerprint density at radius 1 is 0.935 bits per heavy atom. The van der Waals surface area contributed by atoms with Crippen molar-refractivity contribution in [1.29, 1.82) is 0 Å². The van der Waals surface area contributed by atoms with Gasteiger partial charge in [0.2, 0.25) is 0 Å². The number of sulfonamides is 1. The molecule has 3 N–H and O–H groups in total. The monoisotopic (exact) mass is 440 g/mol. The summed E-state index contributed by atoms with van der Waals surface area (Å²) in [5.41, 5.74) is 3.46. The Morgan fingerprint density at radius 2 is 1.58 bits per heavy atom. The van der Waals surface area contributed by atoms with E-state index in [1.54, 1.807) is 24.3 Å². The molecule has 160 valence electrons. The molecule has 0 atom stereocenters. The fraction of sp³-hybridized carbons (Fsp3) is 0.0909. The number of aromatic carboxylic acids is 1. The molecule has 0 radical (unpaired) electrons. The van der Waals surface area contributed by atoms with Gasteiger partial charge in [0, 0.05) is 5.56 Å². The number of benzene rings is 3. The Bertz CT molecular complexity index is 1190. The van der Waals surface area contributed by atoms with Gasteiger partial charge < -0.3 is 9.84 Å². The zero-order valence-electron chi connectivity index (χ0n) is 16.5. The molecule has 0 aliphatic carbocycles. The molecule has 3 aromatic rings. The lowest BCUT2D eigenvalue weighted by Crippen LogP contribution is -2.41. The van der Waals surface area contributed by atoms with Gasteiger partial charge in [-0.2, -0.15) is 0 Å². The highest BCUT2D eigenvalue weighted by atomic mass is 32.2. The maximum absolute atomic E-state index is 12.5. The maximum atomic E-state index is 12.5. The molecule has 0 heterocycles. The number of carbonyl (C=O) groups excluding carboxylic acids is 1. The quantitative estimate of drug-likeness (QED) is 0.463. The number of hydrazine groups is 1. The second-order valence-electron chi connectivity index (χ2n) is 6.64. The van der Waals surface area contributed by atoms with Crippen LogP contribution in [0.25, 0.3) is 0 Å². The number of ether oxygens (including phenoxy) is 1. The average molecular weight is 440 g/mol. The molecule has 31 heavy (non-hydrogen) atoms. The van der Waals surface area contributed by atoms with Crippen molar-refractivity contribution in [1.82, 2.24) is 10.3 Å². The third kappa shape index (κ3) is 5.68. The highest BCUT2D eigenvalue weighted by Gasteiger charge is 2.19. The van der Waals surface area contributed by atoms with Crippen LogP contribution in [0.15, 0.2) is 77.7 Å². The Kier molecular flexibility index (Phi) is 6.68. The molecular weight excluding hydrogens is 420 g/mol. The van der Waals surface area contributed by atoms with Crippen molar-refractivity contribution in [3.63, 3.8) is 0 Å². The molecule has 0 aromatic heterocycles. The van der Waals surface area contributed by atoms with Gasteiger partial charge in [-0.25, -0.2) is 13.2 Å². The standard InChI is InChI=1S/C22H20N2O6S/c1-15-13-18(22(26)27)11-12-20(15)31(28,29)24-23-21(25)17-9-7-16(8-10-17)14-30-19-5-3-2-4-6-19/h2-13,24H,14H2,1H3,(H,23,25)(H,26,27). The Balaban J connectivity index is 1.60. The molecule has 0 saturated heterocycles. The summed E-state index contributed by atoms with van der Waals surface area (Å²) in [6, 6.07) is 19.4. The van der Waals surface area contributed by atoms with Gasteiger partial charge in [-0.15, -0.1) is 4.83 Å². The third-order valence-corrected chi connectivity index (χ3v) is 5.78. The molecule has 0 bridgehead atoms. The molecule has 3 rings (SSSR count). The third-order valence-electron chi connectivity index (χ3n) is 4.38. The van der Waals surface area contributed by atoms with Crippen molar-refractivity contribution < 1.29 is 27.9 Å². The lowest BCUT2D eigenvalue weighted by molar-refractivity contribution is 0.0696. The summed E-state index contributed by atoms with van der Waals surface area (Å²) in [5, 5.41) is 8.99. The molecule has 8 nitrogen and oxygen atoms in total. The van der Waals surface area contributed by atoms with Gasteiger partial charge in [0.25, 0.3) is 15.9 Å². The van der Waals surface area contributed by atoms with E-state index < -0.39 is 21.9 Å². The molecule has 0 aliphatic heterocycles. The highest BCUT2D eigenvalue weighted by Crippen LogP contribution is 2.17. The second kappa shape index (κ2) is 9.41. The van der Waals surface area contributed by atoms with E-state index in [0.717, 1.165) is 11.3 Å². The van der Waals surface area contributed by atoms with Gasteiger partial charge in [-0.3, -0.25) is 10.2 Å². The summed E-state index contributed by atoms with van der Waals surface area (Å²) in [6.45, 7) is 1.79. The first-order chi connectivity index (χ1) is 14.8. The van der Waals surface area contributed by atoms with Gasteiger partial charge in [0.15, 0.2) is 0 Å². The number of hydrogen-bond donors (Lipinski definition) is 3. The van der Waals surface area contributed by atoms with E-state index >= 15 is 0 Å². The van der Waals surface area contributed by atoms with Gasteiger partial charge >= 0.3 is 5.97 Å². The van der Waals surface area contributed by atoms with Crippen molar-refractivity contribution >= 4 is 21.9 Å². The first-order valence-electron chi connectivity index (χ1n) is 9.19. The van der Waals surface area contributed by atoms with Crippen molar-refractivity contribution in [2.75, 3.05) is 0 Å². The Hall–Kier alpha value is -3.69. The number of carbonyl (C=O) groups is 2. The van der Waals surface area contributed by atoms with E-state index in [1.807, 2.05) is 35.2 Å². The van der Waals surface area contributed by atoms with Crippen LogP contribution in [-0.2, 0) is 16.6 Å². The summed E-state index contributed by atoms with van der Waals surface area (Å²) >= 11 is 0. The molecule has 0 aliphatic rings. The minimum atomic E-state index is -4.08. The van der Waals surface area contributed by atoms with E-state index in [-0.39, 0.29) is 21.6 Å². The number of hydrogen-bond acceptors (Lipinski definition) is 5. The number of aryl methyl sites for hydroxylation is 1. The average Bonchev–Trinajstić information content (AvgIpc) is 2.77. The molecule has 0 saturated carbocycles. The largest absolute Gasteiger partial charge is 0.489 e. The second-order valence-corrected chi connectivity index (χ2v) is 8.29. The predicted molar refractivity (Wildman–Crippen MR) is 113 cm³/mol. The maximum Gasteiger partial charge on any atom is 0.335 e. The van der Waals surface area contributed by atoms with Gasteiger partial charge in [0.05, 0.1) is 10.5 Å². The minimum absolute atomic E-state index is 0.0307. The smallest absolute Gasteiger partial charge is 0.335 e. The minimum Gasteiger partial charge on any atom is -0.489 e. The summed E-state index contributed by atoms with van der Waals surface area (Å²) in [7, 11) is -4.08. The van der Waals surface area contributed by atoms with Crippen molar-refractivity contribution in [2.24, 2.45) is 0 Å². The fourth-order valence-electron chi connectivity index (χ4n) is 2.76. The molecule has 0 unspecified atom stereocenters. The predicted octanol–water partition coefficient (Wildman–Crippen LogP) is 2.90. The molecule has 1 amide bonds. The van der Waals surface area contributed by atoms with E-state index in [4.69, 9.17) is 9.84 Å². The number of rotatable bonds is 8. The first kappa shape index (κ1) is 22.0. The van der Waals surface area contributed by atoms with Crippen LogP contribution >= 0.6 is 0 Å². The van der Waals surface area contributed by atoms with E-state index in [2.05, 4.69) is 5.43 Å². The van der Waals surface area contributed by atoms with Gasteiger partial charge in [0.1, 0.15) is 12.4 Å². The van der Waals surface area contributed by atoms with Crippen molar-refractivity contribution in [3.05, 3.63) is 95.1 Å². The van der Waals surface area contributed by atoms with Crippen LogP contribution in [-0.4, -0.2) is 25.4 Å². The first-order valence-corrected chi connectivity index (χ1v) is 10.7. The van der Waals surface area contributed by atoms with Crippen LogP contribution in [0.2, 0.25) is 0 Å². The highest BCUT2D eigenvalue weighted by molar-refractivity contribution is 7.89.